The first-order valence-electron chi connectivity index (χ1n) is 8.67. The number of rotatable bonds is 5. The summed E-state index contributed by atoms with van der Waals surface area (Å²) >= 11 is 0. The van der Waals surface area contributed by atoms with E-state index in [4.69, 9.17) is 0 Å². The molecular weight excluding hydrogens is 308 g/mol. The fourth-order valence-corrected chi connectivity index (χ4v) is 5.28. The van der Waals surface area contributed by atoms with Gasteiger partial charge in [-0.3, -0.25) is 4.90 Å². The summed E-state index contributed by atoms with van der Waals surface area (Å²) in [4.78, 5) is 2.54. The molecule has 0 amide bonds. The predicted molar refractivity (Wildman–Crippen MR) is 94.0 cm³/mol. The van der Waals surface area contributed by atoms with Crippen LogP contribution in [0.1, 0.15) is 38.7 Å². The first-order chi connectivity index (χ1) is 10.9. The quantitative estimate of drug-likeness (QED) is 0.830. The summed E-state index contributed by atoms with van der Waals surface area (Å²) in [6.07, 6.45) is 0.970. The van der Waals surface area contributed by atoms with E-state index >= 15 is 0 Å². The lowest BCUT2D eigenvalue weighted by molar-refractivity contribution is -0.0273. The minimum atomic E-state index is -3.09. The van der Waals surface area contributed by atoms with Crippen LogP contribution in [-0.2, 0) is 10.0 Å². The highest BCUT2D eigenvalue weighted by atomic mass is 32.2. The SMILES string of the molecule is CC(C)S(=O)(=O)N1CC[C@@H]2[C@H](CN2C[C@@H](C)c2ccccc2)C1. The number of hydrogen-bond donors (Lipinski definition) is 0. The molecule has 1 aromatic carbocycles. The average molecular weight is 337 g/mol. The van der Waals surface area contributed by atoms with Crippen LogP contribution in [0.5, 0.6) is 0 Å². The molecule has 2 fully saturated rings. The Morgan fingerprint density at radius 2 is 1.83 bits per heavy atom. The highest BCUT2D eigenvalue weighted by Crippen LogP contribution is 2.35. The standard InChI is InChI=1S/C18H28N2O2S/c1-14(2)23(21,22)20-10-9-18-17(13-20)12-19(18)11-15(3)16-7-5-4-6-8-16/h4-8,14-15,17-18H,9-13H2,1-3H3/t15-,17-,18-/m1/s1. The summed E-state index contributed by atoms with van der Waals surface area (Å²) in [5, 5.41) is -0.312. The number of piperidine rings is 1. The number of nitrogens with zero attached hydrogens (tertiary/aromatic N) is 2. The predicted octanol–water partition coefficient (Wildman–Crippen LogP) is 2.53. The van der Waals surface area contributed by atoms with Crippen molar-refractivity contribution in [2.24, 2.45) is 5.92 Å². The van der Waals surface area contributed by atoms with E-state index in [9.17, 15) is 8.42 Å². The molecule has 128 valence electrons. The Hall–Kier alpha value is -0.910. The number of sulfonamides is 1. The fourth-order valence-electron chi connectivity index (χ4n) is 3.92. The van der Waals surface area contributed by atoms with Crippen LogP contribution in [0.15, 0.2) is 30.3 Å². The Kier molecular flexibility index (Phi) is 4.81. The summed E-state index contributed by atoms with van der Waals surface area (Å²) in [5.74, 6) is 1.04. The molecule has 0 unspecified atom stereocenters. The summed E-state index contributed by atoms with van der Waals surface area (Å²) in [6.45, 7) is 9.32. The second-order valence-electron chi connectivity index (χ2n) is 7.33. The van der Waals surface area contributed by atoms with Crippen molar-refractivity contribution < 1.29 is 8.42 Å². The lowest BCUT2D eigenvalue weighted by Gasteiger charge is -2.54. The van der Waals surface area contributed by atoms with E-state index < -0.39 is 10.0 Å². The molecule has 0 bridgehead atoms. The molecule has 0 aromatic heterocycles. The molecular formula is C18H28N2O2S. The van der Waals surface area contributed by atoms with Gasteiger partial charge in [0.05, 0.1) is 5.25 Å². The van der Waals surface area contributed by atoms with Gasteiger partial charge in [0.2, 0.25) is 10.0 Å². The highest BCUT2D eigenvalue weighted by molar-refractivity contribution is 7.89. The maximum Gasteiger partial charge on any atom is 0.216 e. The lowest BCUT2D eigenvalue weighted by atomic mass is 9.82. The van der Waals surface area contributed by atoms with Crippen molar-refractivity contribution in [3.8, 4) is 0 Å². The van der Waals surface area contributed by atoms with Gasteiger partial charge in [-0.1, -0.05) is 37.3 Å². The Morgan fingerprint density at radius 3 is 2.43 bits per heavy atom. The number of fused-ring (bicyclic) bond motifs is 1. The fraction of sp³-hybridized carbons (Fsp3) is 0.667. The van der Waals surface area contributed by atoms with Gasteiger partial charge < -0.3 is 0 Å². The molecule has 0 N–H and O–H groups in total. The van der Waals surface area contributed by atoms with Crippen LogP contribution in [0.4, 0.5) is 0 Å². The molecule has 3 atom stereocenters. The van der Waals surface area contributed by atoms with Crippen LogP contribution in [0.25, 0.3) is 0 Å². The van der Waals surface area contributed by atoms with Crippen molar-refractivity contribution in [1.82, 2.24) is 9.21 Å². The van der Waals surface area contributed by atoms with Gasteiger partial charge >= 0.3 is 0 Å². The first kappa shape index (κ1) is 16.9. The molecule has 3 rings (SSSR count). The summed E-state index contributed by atoms with van der Waals surface area (Å²) < 4.78 is 26.4. The van der Waals surface area contributed by atoms with Gasteiger partial charge in [0, 0.05) is 38.1 Å². The van der Waals surface area contributed by atoms with Crippen molar-refractivity contribution in [2.45, 2.75) is 44.4 Å². The zero-order valence-electron chi connectivity index (χ0n) is 14.4. The Labute approximate surface area is 140 Å². The normalized spacial score (nSPS) is 27.5. The van der Waals surface area contributed by atoms with Gasteiger partial charge in [-0.25, -0.2) is 12.7 Å². The van der Waals surface area contributed by atoms with Crippen LogP contribution in [0.3, 0.4) is 0 Å². The second kappa shape index (κ2) is 6.54. The summed E-state index contributed by atoms with van der Waals surface area (Å²) in [7, 11) is -3.09. The second-order valence-corrected chi connectivity index (χ2v) is 9.82. The van der Waals surface area contributed by atoms with Crippen molar-refractivity contribution >= 4 is 10.0 Å². The van der Waals surface area contributed by atoms with Crippen molar-refractivity contribution in [2.75, 3.05) is 26.2 Å². The van der Waals surface area contributed by atoms with Gasteiger partial charge in [-0.2, -0.15) is 0 Å². The number of benzene rings is 1. The molecule has 2 aliphatic rings. The van der Waals surface area contributed by atoms with E-state index in [0.717, 1.165) is 19.5 Å². The minimum Gasteiger partial charge on any atom is -0.299 e. The molecule has 5 heteroatoms. The van der Waals surface area contributed by atoms with E-state index in [0.29, 0.717) is 31.0 Å². The Morgan fingerprint density at radius 1 is 1.13 bits per heavy atom. The molecule has 2 saturated heterocycles. The third-order valence-corrected chi connectivity index (χ3v) is 7.67. The molecule has 2 aliphatic heterocycles. The number of likely N-dealkylation sites (tertiary alicyclic amines) is 1. The topological polar surface area (TPSA) is 40.6 Å². The van der Waals surface area contributed by atoms with E-state index in [-0.39, 0.29) is 5.25 Å². The summed E-state index contributed by atoms with van der Waals surface area (Å²) in [5.41, 5.74) is 1.38. The Balaban J connectivity index is 1.56. The zero-order valence-corrected chi connectivity index (χ0v) is 15.2. The monoisotopic (exact) mass is 336 g/mol. The maximum absolute atomic E-state index is 12.3. The van der Waals surface area contributed by atoms with E-state index in [1.807, 2.05) is 0 Å². The Bertz CT molecular complexity index is 630. The molecule has 0 saturated carbocycles. The molecule has 0 aliphatic carbocycles. The van der Waals surface area contributed by atoms with Crippen LogP contribution in [0, 0.1) is 5.92 Å². The van der Waals surface area contributed by atoms with E-state index in [1.54, 1.807) is 18.2 Å². The van der Waals surface area contributed by atoms with Gasteiger partial charge in [-0.15, -0.1) is 0 Å². The van der Waals surface area contributed by atoms with Gasteiger partial charge in [0.1, 0.15) is 0 Å². The zero-order chi connectivity index (χ0) is 16.6. The summed E-state index contributed by atoms with van der Waals surface area (Å²) in [6, 6.07) is 11.2. The maximum atomic E-state index is 12.3. The minimum absolute atomic E-state index is 0.312. The van der Waals surface area contributed by atoms with Gasteiger partial charge in [0.15, 0.2) is 0 Å². The smallest absolute Gasteiger partial charge is 0.216 e. The molecule has 1 aromatic rings. The van der Waals surface area contributed by atoms with Crippen LogP contribution >= 0.6 is 0 Å². The van der Waals surface area contributed by atoms with Gasteiger partial charge in [-0.05, 0) is 31.7 Å². The highest BCUT2D eigenvalue weighted by Gasteiger charge is 2.45. The van der Waals surface area contributed by atoms with Crippen molar-refractivity contribution in [1.29, 1.82) is 0 Å². The molecule has 2 heterocycles. The number of hydrogen-bond acceptors (Lipinski definition) is 3. The molecule has 23 heavy (non-hydrogen) atoms. The molecule has 0 spiro atoms. The molecule has 0 radical (unpaired) electrons. The van der Waals surface area contributed by atoms with Crippen molar-refractivity contribution in [3.05, 3.63) is 35.9 Å². The third kappa shape index (κ3) is 3.32. The van der Waals surface area contributed by atoms with E-state index in [2.05, 4.69) is 42.2 Å². The molecule has 4 nitrogen and oxygen atoms in total. The first-order valence-corrected chi connectivity index (χ1v) is 10.2. The van der Waals surface area contributed by atoms with Crippen molar-refractivity contribution in [3.63, 3.8) is 0 Å². The van der Waals surface area contributed by atoms with E-state index in [1.165, 1.54) is 5.56 Å². The van der Waals surface area contributed by atoms with Crippen LogP contribution < -0.4 is 0 Å². The average Bonchev–Trinajstić information content (AvgIpc) is 2.52. The van der Waals surface area contributed by atoms with Crippen LogP contribution in [-0.4, -0.2) is 55.1 Å². The largest absolute Gasteiger partial charge is 0.299 e. The van der Waals surface area contributed by atoms with Gasteiger partial charge in [0.25, 0.3) is 0 Å². The third-order valence-electron chi connectivity index (χ3n) is 5.43. The van der Waals surface area contributed by atoms with Crippen LogP contribution in [0.2, 0.25) is 0 Å². The lowest BCUT2D eigenvalue weighted by Crippen LogP contribution is -2.64.